The number of hydrogen-bond acceptors (Lipinski definition) is 3. The van der Waals surface area contributed by atoms with Crippen LogP contribution < -0.4 is 5.32 Å². The monoisotopic (exact) mass is 210 g/mol. The number of nitrogens with zero attached hydrogens (tertiary/aromatic N) is 3. The highest BCUT2D eigenvalue weighted by Crippen LogP contribution is 2.06. The first kappa shape index (κ1) is 12.2. The van der Waals surface area contributed by atoms with Crippen LogP contribution in [0.25, 0.3) is 0 Å². The van der Waals surface area contributed by atoms with Gasteiger partial charge < -0.3 is 9.88 Å². The van der Waals surface area contributed by atoms with Crippen LogP contribution in [-0.4, -0.2) is 27.4 Å². The number of aryl methyl sites for hydroxylation is 1. The average molecular weight is 210 g/mol. The number of hydrogen-bond donors (Lipinski definition) is 1. The first-order valence-corrected chi connectivity index (χ1v) is 5.71. The molecule has 2 atom stereocenters. The predicted octanol–water partition coefficient (Wildman–Crippen LogP) is 1.38. The highest BCUT2D eigenvalue weighted by molar-refractivity contribution is 4.85. The van der Waals surface area contributed by atoms with Crippen molar-refractivity contribution in [2.45, 2.75) is 39.7 Å². The zero-order valence-electron chi connectivity index (χ0n) is 10.2. The molecule has 1 aromatic rings. The van der Waals surface area contributed by atoms with Crippen molar-refractivity contribution < 1.29 is 0 Å². The molecule has 0 amide bonds. The molecule has 0 saturated carbocycles. The average Bonchev–Trinajstić information content (AvgIpc) is 2.63. The molecule has 0 aliphatic heterocycles. The number of rotatable bonds is 6. The van der Waals surface area contributed by atoms with Gasteiger partial charge >= 0.3 is 0 Å². The maximum atomic E-state index is 4.05. The Morgan fingerprint density at radius 3 is 2.73 bits per heavy atom. The summed E-state index contributed by atoms with van der Waals surface area (Å²) in [7, 11) is 1.98. The van der Waals surface area contributed by atoms with Gasteiger partial charge in [-0.15, -0.1) is 10.2 Å². The Bertz CT molecular complexity index is 282. The summed E-state index contributed by atoms with van der Waals surface area (Å²) >= 11 is 0. The van der Waals surface area contributed by atoms with Crippen LogP contribution in [0.1, 0.15) is 33.0 Å². The van der Waals surface area contributed by atoms with Crippen LogP contribution in [0.2, 0.25) is 0 Å². The Labute approximate surface area is 92.1 Å². The summed E-state index contributed by atoms with van der Waals surface area (Å²) in [6, 6.07) is 0.572. The largest absolute Gasteiger partial charge is 0.321 e. The third kappa shape index (κ3) is 3.63. The van der Waals surface area contributed by atoms with Gasteiger partial charge in [0.2, 0.25) is 0 Å². The highest BCUT2D eigenvalue weighted by atomic mass is 15.2. The third-order valence-electron chi connectivity index (χ3n) is 3.12. The molecule has 0 bridgehead atoms. The molecule has 0 aliphatic carbocycles. The standard InChI is InChI=1S/C11H22N4/c1-5-9(2)10(3)12-7-6-11-14-13-8-15(11)4/h8-10,12H,5-7H2,1-4H3. The molecule has 4 nitrogen and oxygen atoms in total. The fraction of sp³-hybridized carbons (Fsp3) is 0.818. The van der Waals surface area contributed by atoms with E-state index in [1.165, 1.54) is 6.42 Å². The Balaban J connectivity index is 2.25. The fourth-order valence-corrected chi connectivity index (χ4v) is 1.50. The SMILES string of the molecule is CCC(C)C(C)NCCc1nncn1C. The van der Waals surface area contributed by atoms with Crippen LogP contribution in [-0.2, 0) is 13.5 Å². The van der Waals surface area contributed by atoms with Crippen molar-refractivity contribution in [3.63, 3.8) is 0 Å². The Morgan fingerprint density at radius 2 is 2.20 bits per heavy atom. The van der Waals surface area contributed by atoms with Gasteiger partial charge in [-0.2, -0.15) is 0 Å². The molecule has 0 aromatic carbocycles. The third-order valence-corrected chi connectivity index (χ3v) is 3.12. The molecule has 4 heteroatoms. The Hall–Kier alpha value is -0.900. The molecular formula is C11H22N4. The maximum absolute atomic E-state index is 4.05. The first-order valence-electron chi connectivity index (χ1n) is 5.71. The van der Waals surface area contributed by atoms with Gasteiger partial charge in [-0.1, -0.05) is 20.3 Å². The second-order valence-electron chi connectivity index (χ2n) is 4.24. The lowest BCUT2D eigenvalue weighted by Crippen LogP contribution is -2.33. The lowest BCUT2D eigenvalue weighted by molar-refractivity contribution is 0.391. The molecule has 0 radical (unpaired) electrons. The summed E-state index contributed by atoms with van der Waals surface area (Å²) in [6.07, 6.45) is 3.91. The van der Waals surface area contributed by atoms with Crippen LogP contribution in [0.5, 0.6) is 0 Å². The van der Waals surface area contributed by atoms with Gasteiger partial charge in [-0.3, -0.25) is 0 Å². The lowest BCUT2D eigenvalue weighted by Gasteiger charge is -2.19. The predicted molar refractivity (Wildman–Crippen MR) is 61.6 cm³/mol. The molecule has 1 aromatic heterocycles. The fourth-order valence-electron chi connectivity index (χ4n) is 1.50. The van der Waals surface area contributed by atoms with Crippen LogP contribution >= 0.6 is 0 Å². The Kier molecular flexibility index (Phi) is 4.75. The van der Waals surface area contributed by atoms with E-state index in [0.29, 0.717) is 6.04 Å². The summed E-state index contributed by atoms with van der Waals surface area (Å²) in [5.74, 6) is 1.77. The van der Waals surface area contributed by atoms with Gasteiger partial charge in [0.1, 0.15) is 12.2 Å². The molecular weight excluding hydrogens is 188 g/mol. The normalized spacial score (nSPS) is 15.2. The highest BCUT2D eigenvalue weighted by Gasteiger charge is 2.09. The summed E-state index contributed by atoms with van der Waals surface area (Å²) in [6.45, 7) is 7.72. The van der Waals surface area contributed by atoms with E-state index in [9.17, 15) is 0 Å². The molecule has 0 saturated heterocycles. The van der Waals surface area contributed by atoms with Crippen LogP contribution in [0.3, 0.4) is 0 Å². The summed E-state index contributed by atoms with van der Waals surface area (Å²) < 4.78 is 1.97. The maximum Gasteiger partial charge on any atom is 0.133 e. The molecule has 1 rings (SSSR count). The minimum absolute atomic E-state index is 0.572. The molecule has 0 fully saturated rings. The van der Waals surface area contributed by atoms with E-state index in [2.05, 4.69) is 36.3 Å². The van der Waals surface area contributed by atoms with Crippen LogP contribution in [0.4, 0.5) is 0 Å². The van der Waals surface area contributed by atoms with E-state index in [1.807, 2.05) is 11.6 Å². The van der Waals surface area contributed by atoms with Gasteiger partial charge in [-0.05, 0) is 12.8 Å². The summed E-state index contributed by atoms with van der Waals surface area (Å²) in [5.41, 5.74) is 0. The van der Waals surface area contributed by atoms with Crippen molar-refractivity contribution in [3.05, 3.63) is 12.2 Å². The first-order chi connectivity index (χ1) is 7.15. The van der Waals surface area contributed by atoms with Gasteiger partial charge in [0, 0.05) is 26.1 Å². The quantitative estimate of drug-likeness (QED) is 0.771. The molecule has 0 spiro atoms. The van der Waals surface area contributed by atoms with Crippen molar-refractivity contribution in [2.75, 3.05) is 6.54 Å². The Morgan fingerprint density at radius 1 is 1.47 bits per heavy atom. The zero-order chi connectivity index (χ0) is 11.3. The zero-order valence-corrected chi connectivity index (χ0v) is 10.2. The minimum Gasteiger partial charge on any atom is -0.321 e. The van der Waals surface area contributed by atoms with E-state index in [0.717, 1.165) is 24.7 Å². The number of aromatic nitrogens is 3. The van der Waals surface area contributed by atoms with Crippen LogP contribution in [0, 0.1) is 5.92 Å². The van der Waals surface area contributed by atoms with Crippen LogP contribution in [0.15, 0.2) is 6.33 Å². The second kappa shape index (κ2) is 5.85. The van der Waals surface area contributed by atoms with E-state index in [1.54, 1.807) is 6.33 Å². The van der Waals surface area contributed by atoms with E-state index >= 15 is 0 Å². The summed E-state index contributed by atoms with van der Waals surface area (Å²) in [5, 5.41) is 11.4. The van der Waals surface area contributed by atoms with E-state index in [4.69, 9.17) is 0 Å². The van der Waals surface area contributed by atoms with Crippen molar-refractivity contribution >= 4 is 0 Å². The number of nitrogens with one attached hydrogen (secondary N) is 1. The topological polar surface area (TPSA) is 42.7 Å². The molecule has 1 N–H and O–H groups in total. The smallest absolute Gasteiger partial charge is 0.133 e. The minimum atomic E-state index is 0.572. The van der Waals surface area contributed by atoms with Crippen molar-refractivity contribution in [1.82, 2.24) is 20.1 Å². The molecule has 15 heavy (non-hydrogen) atoms. The van der Waals surface area contributed by atoms with Crippen molar-refractivity contribution in [2.24, 2.45) is 13.0 Å². The molecule has 86 valence electrons. The molecule has 2 unspecified atom stereocenters. The van der Waals surface area contributed by atoms with Crippen molar-refractivity contribution in [1.29, 1.82) is 0 Å². The second-order valence-corrected chi connectivity index (χ2v) is 4.24. The van der Waals surface area contributed by atoms with E-state index < -0.39 is 0 Å². The van der Waals surface area contributed by atoms with Gasteiger partial charge in [0.15, 0.2) is 0 Å². The molecule has 1 heterocycles. The lowest BCUT2D eigenvalue weighted by atomic mass is 10.0. The molecule has 0 aliphatic rings. The van der Waals surface area contributed by atoms with Crippen molar-refractivity contribution in [3.8, 4) is 0 Å². The van der Waals surface area contributed by atoms with Gasteiger partial charge in [-0.25, -0.2) is 0 Å². The van der Waals surface area contributed by atoms with E-state index in [-0.39, 0.29) is 0 Å². The summed E-state index contributed by atoms with van der Waals surface area (Å²) in [4.78, 5) is 0. The van der Waals surface area contributed by atoms with Gasteiger partial charge in [0.05, 0.1) is 0 Å². The van der Waals surface area contributed by atoms with Gasteiger partial charge in [0.25, 0.3) is 0 Å².